The van der Waals surface area contributed by atoms with Crippen LogP contribution < -0.4 is 0 Å². The van der Waals surface area contributed by atoms with Gasteiger partial charge in [0.2, 0.25) is 0 Å². The molecule has 1 nitrogen and oxygen atoms in total. The SMILES string of the molecule is C=NSCc1c(C)c(C)c(C)c(C)c1C. The zero-order chi connectivity index (χ0) is 11.6. The Labute approximate surface area is 97.1 Å². The molecule has 0 saturated heterocycles. The van der Waals surface area contributed by atoms with Gasteiger partial charge in [-0.1, -0.05) is 0 Å². The molecule has 0 fully saturated rings. The Morgan fingerprint density at radius 1 is 0.867 bits per heavy atom. The summed E-state index contributed by atoms with van der Waals surface area (Å²) in [7, 11) is 0. The highest BCUT2D eigenvalue weighted by molar-refractivity contribution is 7.97. The molecule has 0 radical (unpaired) electrons. The van der Waals surface area contributed by atoms with Crippen LogP contribution in [0.3, 0.4) is 0 Å². The van der Waals surface area contributed by atoms with Crippen molar-refractivity contribution in [3.05, 3.63) is 33.4 Å². The monoisotopic (exact) mass is 221 g/mol. The molecule has 0 aliphatic rings. The van der Waals surface area contributed by atoms with Crippen molar-refractivity contribution in [2.24, 2.45) is 4.40 Å². The van der Waals surface area contributed by atoms with E-state index < -0.39 is 0 Å². The quantitative estimate of drug-likeness (QED) is 0.553. The molecule has 0 atom stereocenters. The highest BCUT2D eigenvalue weighted by Crippen LogP contribution is 2.28. The molecule has 1 aromatic carbocycles. The van der Waals surface area contributed by atoms with Gasteiger partial charge in [-0.05, 0) is 86.7 Å². The summed E-state index contributed by atoms with van der Waals surface area (Å²) < 4.78 is 3.86. The van der Waals surface area contributed by atoms with Crippen LogP contribution in [0.15, 0.2) is 4.40 Å². The third-order valence-corrected chi connectivity index (χ3v) is 4.06. The van der Waals surface area contributed by atoms with E-state index in [1.54, 1.807) is 0 Å². The summed E-state index contributed by atoms with van der Waals surface area (Å²) in [5.41, 5.74) is 8.49. The van der Waals surface area contributed by atoms with E-state index >= 15 is 0 Å². The van der Waals surface area contributed by atoms with Crippen LogP contribution in [0.2, 0.25) is 0 Å². The van der Waals surface area contributed by atoms with Crippen molar-refractivity contribution in [1.82, 2.24) is 0 Å². The van der Waals surface area contributed by atoms with Crippen molar-refractivity contribution < 1.29 is 0 Å². The second-order valence-electron chi connectivity index (χ2n) is 4.01. The average Bonchev–Trinajstić information content (AvgIpc) is 2.24. The fraction of sp³-hybridized carbons (Fsp3) is 0.462. The molecule has 0 aliphatic carbocycles. The lowest BCUT2D eigenvalue weighted by Gasteiger charge is -2.17. The summed E-state index contributed by atoms with van der Waals surface area (Å²) in [4.78, 5) is 0. The van der Waals surface area contributed by atoms with Gasteiger partial charge < -0.3 is 0 Å². The van der Waals surface area contributed by atoms with Crippen LogP contribution >= 0.6 is 11.9 Å². The van der Waals surface area contributed by atoms with E-state index in [2.05, 4.69) is 45.7 Å². The van der Waals surface area contributed by atoms with Crippen molar-refractivity contribution in [2.75, 3.05) is 0 Å². The fourth-order valence-electron chi connectivity index (χ4n) is 1.90. The Morgan fingerprint density at radius 3 is 1.67 bits per heavy atom. The predicted octanol–water partition coefficient (Wildman–Crippen LogP) is 4.08. The lowest BCUT2D eigenvalue weighted by molar-refractivity contribution is 1.12. The highest BCUT2D eigenvalue weighted by atomic mass is 32.2. The zero-order valence-electron chi connectivity index (χ0n) is 10.3. The maximum atomic E-state index is 3.86. The van der Waals surface area contributed by atoms with Crippen molar-refractivity contribution in [3.8, 4) is 0 Å². The number of benzene rings is 1. The predicted molar refractivity (Wildman–Crippen MR) is 71.0 cm³/mol. The first-order chi connectivity index (χ1) is 7.00. The molecule has 82 valence electrons. The van der Waals surface area contributed by atoms with Gasteiger partial charge in [0, 0.05) is 5.75 Å². The van der Waals surface area contributed by atoms with Crippen LogP contribution in [0.5, 0.6) is 0 Å². The summed E-state index contributed by atoms with van der Waals surface area (Å²) in [6.45, 7) is 14.5. The molecule has 0 N–H and O–H groups in total. The molecule has 0 unspecified atom stereocenters. The van der Waals surface area contributed by atoms with Gasteiger partial charge in [-0.3, -0.25) is 0 Å². The lowest BCUT2D eigenvalue weighted by atomic mass is 9.90. The largest absolute Gasteiger partial charge is 0.232 e. The van der Waals surface area contributed by atoms with Crippen LogP contribution in [0.4, 0.5) is 0 Å². The van der Waals surface area contributed by atoms with Crippen molar-refractivity contribution in [1.29, 1.82) is 0 Å². The second-order valence-corrected chi connectivity index (χ2v) is 4.81. The Hall–Kier alpha value is -0.760. The van der Waals surface area contributed by atoms with Gasteiger partial charge in [-0.15, -0.1) is 0 Å². The van der Waals surface area contributed by atoms with Crippen molar-refractivity contribution in [3.63, 3.8) is 0 Å². The third kappa shape index (κ3) is 2.25. The minimum atomic E-state index is 0.934. The van der Waals surface area contributed by atoms with Crippen molar-refractivity contribution >= 4 is 18.7 Å². The molecule has 0 amide bonds. The molecular formula is C13H19NS. The van der Waals surface area contributed by atoms with E-state index in [-0.39, 0.29) is 0 Å². The molecule has 0 spiro atoms. The highest BCUT2D eigenvalue weighted by Gasteiger charge is 2.11. The molecule has 1 rings (SSSR count). The normalized spacial score (nSPS) is 10.5. The molecule has 1 aromatic rings. The molecule has 0 aliphatic heterocycles. The Balaban J connectivity index is 3.31. The molecule has 15 heavy (non-hydrogen) atoms. The maximum Gasteiger partial charge on any atom is 0.0409 e. The summed E-state index contributed by atoms with van der Waals surface area (Å²) in [6, 6.07) is 0. The van der Waals surface area contributed by atoms with Gasteiger partial charge in [0.05, 0.1) is 0 Å². The molecule has 0 bridgehead atoms. The summed E-state index contributed by atoms with van der Waals surface area (Å²) in [5.74, 6) is 0.934. The first-order valence-corrected chi connectivity index (χ1v) is 6.08. The molecule has 2 heteroatoms. The van der Waals surface area contributed by atoms with Gasteiger partial charge in [0.1, 0.15) is 0 Å². The standard InChI is InChI=1S/C13H19NS/c1-8-9(2)11(4)13(7-15-14-6)12(5)10(8)3/h6-7H2,1-5H3. The Morgan fingerprint density at radius 2 is 1.27 bits per heavy atom. The number of hydrogen-bond donors (Lipinski definition) is 0. The topological polar surface area (TPSA) is 12.4 Å². The minimum Gasteiger partial charge on any atom is -0.232 e. The molecule has 0 aromatic heterocycles. The lowest BCUT2D eigenvalue weighted by Crippen LogP contribution is -2.01. The first kappa shape index (κ1) is 12.3. The second kappa shape index (κ2) is 4.84. The number of nitrogens with zero attached hydrogens (tertiary/aromatic N) is 1. The smallest absolute Gasteiger partial charge is 0.0409 e. The van der Waals surface area contributed by atoms with E-state index in [0.29, 0.717) is 0 Å². The van der Waals surface area contributed by atoms with Crippen LogP contribution in [-0.4, -0.2) is 6.72 Å². The number of rotatable bonds is 3. The summed E-state index contributed by atoms with van der Waals surface area (Å²) in [6.07, 6.45) is 0. The molecule has 0 saturated carbocycles. The van der Waals surface area contributed by atoms with Gasteiger partial charge in [-0.2, -0.15) is 0 Å². The van der Waals surface area contributed by atoms with Crippen LogP contribution in [0.1, 0.15) is 33.4 Å². The van der Waals surface area contributed by atoms with Crippen molar-refractivity contribution in [2.45, 2.75) is 40.4 Å². The van der Waals surface area contributed by atoms with Gasteiger partial charge in [-0.25, -0.2) is 4.40 Å². The fourth-order valence-corrected chi connectivity index (χ4v) is 2.56. The van der Waals surface area contributed by atoms with E-state index in [0.717, 1.165) is 5.75 Å². The van der Waals surface area contributed by atoms with E-state index in [1.165, 1.54) is 45.3 Å². The molecular weight excluding hydrogens is 202 g/mol. The minimum absolute atomic E-state index is 0.934. The van der Waals surface area contributed by atoms with E-state index in [9.17, 15) is 0 Å². The van der Waals surface area contributed by atoms with Gasteiger partial charge >= 0.3 is 0 Å². The van der Waals surface area contributed by atoms with E-state index in [4.69, 9.17) is 0 Å². The summed E-state index contributed by atoms with van der Waals surface area (Å²) >= 11 is 1.53. The zero-order valence-corrected chi connectivity index (χ0v) is 11.1. The van der Waals surface area contributed by atoms with Crippen LogP contribution in [0, 0.1) is 34.6 Å². The van der Waals surface area contributed by atoms with E-state index in [1.807, 2.05) is 0 Å². The average molecular weight is 221 g/mol. The summed E-state index contributed by atoms with van der Waals surface area (Å²) in [5, 5.41) is 0. The third-order valence-electron chi connectivity index (χ3n) is 3.46. The molecule has 0 heterocycles. The van der Waals surface area contributed by atoms with Crippen LogP contribution in [-0.2, 0) is 5.75 Å². The number of hydrogen-bond acceptors (Lipinski definition) is 2. The van der Waals surface area contributed by atoms with Gasteiger partial charge in [0.25, 0.3) is 0 Å². The van der Waals surface area contributed by atoms with Gasteiger partial charge in [0.15, 0.2) is 0 Å². The van der Waals surface area contributed by atoms with Crippen LogP contribution in [0.25, 0.3) is 0 Å². The Kier molecular flexibility index (Phi) is 3.97. The first-order valence-electron chi connectivity index (χ1n) is 5.14. The Bertz CT molecular complexity index is 365. The maximum absolute atomic E-state index is 3.86.